The van der Waals surface area contributed by atoms with E-state index in [-0.39, 0.29) is 11.6 Å². The number of aryl methyl sites for hydroxylation is 1. The summed E-state index contributed by atoms with van der Waals surface area (Å²) >= 11 is 0. The topological polar surface area (TPSA) is 32.3 Å². The minimum atomic E-state index is -0.307. The lowest BCUT2D eigenvalue weighted by atomic mass is 10.1. The summed E-state index contributed by atoms with van der Waals surface area (Å²) in [7, 11) is 0. The summed E-state index contributed by atoms with van der Waals surface area (Å²) in [4.78, 5) is 14.2. The van der Waals surface area contributed by atoms with E-state index in [4.69, 9.17) is 0 Å². The van der Waals surface area contributed by atoms with Crippen LogP contribution in [0.1, 0.15) is 22.3 Å². The fraction of sp³-hybridized carbons (Fsp3) is 0.500. The van der Waals surface area contributed by atoms with Crippen LogP contribution in [0.3, 0.4) is 0 Å². The van der Waals surface area contributed by atoms with E-state index >= 15 is 0 Å². The monoisotopic (exact) mass is 250 g/mol. The zero-order chi connectivity index (χ0) is 13.0. The van der Waals surface area contributed by atoms with E-state index in [1.807, 2.05) is 0 Å². The van der Waals surface area contributed by atoms with Crippen LogP contribution in [0.4, 0.5) is 4.39 Å². The van der Waals surface area contributed by atoms with Crippen molar-refractivity contribution in [2.24, 2.45) is 0 Å². The predicted octanol–water partition coefficient (Wildman–Crippen LogP) is 1.61. The van der Waals surface area contributed by atoms with Crippen molar-refractivity contribution in [2.45, 2.75) is 13.3 Å². The number of carbonyl (C=O) groups is 1. The first-order valence-electron chi connectivity index (χ1n) is 6.39. The number of halogens is 1. The molecule has 1 fully saturated rings. The molecule has 0 spiro atoms. The van der Waals surface area contributed by atoms with E-state index in [1.165, 1.54) is 6.07 Å². The Labute approximate surface area is 107 Å². The van der Waals surface area contributed by atoms with Gasteiger partial charge in [0.1, 0.15) is 5.82 Å². The number of nitrogens with zero attached hydrogens (tertiary/aromatic N) is 1. The molecule has 0 atom stereocenters. The third-order valence-electron chi connectivity index (χ3n) is 3.29. The zero-order valence-corrected chi connectivity index (χ0v) is 10.7. The van der Waals surface area contributed by atoms with Crippen molar-refractivity contribution >= 4 is 5.78 Å². The van der Waals surface area contributed by atoms with Gasteiger partial charge in [-0.25, -0.2) is 4.39 Å². The second kappa shape index (κ2) is 6.07. The van der Waals surface area contributed by atoms with Gasteiger partial charge in [0, 0.05) is 18.7 Å². The molecular weight excluding hydrogens is 231 g/mol. The zero-order valence-electron chi connectivity index (χ0n) is 10.7. The van der Waals surface area contributed by atoms with Gasteiger partial charge < -0.3 is 5.32 Å². The number of nitrogens with one attached hydrogen (secondary N) is 1. The van der Waals surface area contributed by atoms with Crippen LogP contribution in [0.15, 0.2) is 18.2 Å². The number of Topliss-reactive ketones (excluding diaryl/α,β-unsaturated/α-hetero) is 1. The molecule has 1 saturated heterocycles. The van der Waals surface area contributed by atoms with Crippen LogP contribution >= 0.6 is 0 Å². The molecule has 1 aromatic carbocycles. The Hall–Kier alpha value is -1.26. The van der Waals surface area contributed by atoms with E-state index in [1.54, 1.807) is 19.1 Å². The van der Waals surface area contributed by atoms with Crippen molar-refractivity contribution in [1.29, 1.82) is 0 Å². The SMILES string of the molecule is Cc1ccc(C(=O)CN2CCCNCC2)cc1F. The Balaban J connectivity index is 1.99. The highest BCUT2D eigenvalue weighted by Gasteiger charge is 2.14. The maximum absolute atomic E-state index is 13.4. The number of rotatable bonds is 3. The summed E-state index contributed by atoms with van der Waals surface area (Å²) in [5.41, 5.74) is 1.04. The average Bonchev–Trinajstić information content (AvgIpc) is 2.61. The third-order valence-corrected chi connectivity index (χ3v) is 3.29. The third kappa shape index (κ3) is 3.37. The lowest BCUT2D eigenvalue weighted by Gasteiger charge is -2.18. The number of carbonyl (C=O) groups excluding carboxylic acids is 1. The summed E-state index contributed by atoms with van der Waals surface area (Å²) in [6.07, 6.45) is 1.05. The minimum absolute atomic E-state index is 0.00389. The maximum atomic E-state index is 13.4. The smallest absolute Gasteiger partial charge is 0.176 e. The standard InChI is InChI=1S/C14H19FN2O/c1-11-3-4-12(9-13(11)15)14(18)10-17-7-2-5-16-6-8-17/h3-4,9,16H,2,5-8,10H2,1H3. The molecule has 98 valence electrons. The van der Waals surface area contributed by atoms with Crippen molar-refractivity contribution in [3.05, 3.63) is 35.1 Å². The van der Waals surface area contributed by atoms with Crippen LogP contribution in [0.2, 0.25) is 0 Å². The van der Waals surface area contributed by atoms with Gasteiger partial charge in [-0.15, -0.1) is 0 Å². The highest BCUT2D eigenvalue weighted by Crippen LogP contribution is 2.10. The fourth-order valence-corrected chi connectivity index (χ4v) is 2.12. The molecule has 0 saturated carbocycles. The number of ketones is 1. The van der Waals surface area contributed by atoms with Gasteiger partial charge in [0.2, 0.25) is 0 Å². The molecule has 0 radical (unpaired) electrons. The van der Waals surface area contributed by atoms with Crippen LogP contribution in [0.25, 0.3) is 0 Å². The van der Waals surface area contributed by atoms with Gasteiger partial charge in [-0.3, -0.25) is 9.69 Å². The molecule has 0 unspecified atom stereocenters. The van der Waals surface area contributed by atoms with Gasteiger partial charge in [0.25, 0.3) is 0 Å². The normalized spacial score (nSPS) is 17.4. The minimum Gasteiger partial charge on any atom is -0.315 e. The van der Waals surface area contributed by atoms with Gasteiger partial charge in [0.05, 0.1) is 6.54 Å². The van der Waals surface area contributed by atoms with Crippen LogP contribution in [-0.2, 0) is 0 Å². The van der Waals surface area contributed by atoms with Gasteiger partial charge in [-0.05, 0) is 38.1 Å². The molecular formula is C14H19FN2O. The molecule has 0 aliphatic carbocycles. The quantitative estimate of drug-likeness (QED) is 0.827. The molecule has 18 heavy (non-hydrogen) atoms. The molecule has 1 N–H and O–H groups in total. The molecule has 1 aliphatic rings. The Bertz CT molecular complexity index is 426. The molecule has 0 amide bonds. The van der Waals surface area contributed by atoms with E-state index in [0.29, 0.717) is 17.7 Å². The van der Waals surface area contributed by atoms with Crippen molar-refractivity contribution in [2.75, 3.05) is 32.7 Å². The van der Waals surface area contributed by atoms with Gasteiger partial charge in [-0.1, -0.05) is 12.1 Å². The molecule has 1 heterocycles. The summed E-state index contributed by atoms with van der Waals surface area (Å²) in [6, 6.07) is 4.71. The average molecular weight is 250 g/mol. The second-order valence-corrected chi connectivity index (χ2v) is 4.77. The van der Waals surface area contributed by atoms with E-state index in [2.05, 4.69) is 10.2 Å². The van der Waals surface area contributed by atoms with Crippen LogP contribution in [0, 0.1) is 12.7 Å². The predicted molar refractivity (Wildman–Crippen MR) is 69.4 cm³/mol. The summed E-state index contributed by atoms with van der Waals surface area (Å²) in [5.74, 6) is -0.311. The summed E-state index contributed by atoms with van der Waals surface area (Å²) in [5, 5.41) is 3.29. The largest absolute Gasteiger partial charge is 0.315 e. The number of benzene rings is 1. The van der Waals surface area contributed by atoms with E-state index in [9.17, 15) is 9.18 Å². The van der Waals surface area contributed by atoms with Crippen LogP contribution in [0.5, 0.6) is 0 Å². The lowest BCUT2D eigenvalue weighted by molar-refractivity contribution is 0.0934. The Morgan fingerprint density at radius 2 is 2.22 bits per heavy atom. The molecule has 0 aromatic heterocycles. The highest BCUT2D eigenvalue weighted by atomic mass is 19.1. The van der Waals surface area contributed by atoms with E-state index < -0.39 is 0 Å². The van der Waals surface area contributed by atoms with Gasteiger partial charge in [0.15, 0.2) is 5.78 Å². The number of hydrogen-bond acceptors (Lipinski definition) is 3. The first kappa shape index (κ1) is 13.2. The second-order valence-electron chi connectivity index (χ2n) is 4.77. The Morgan fingerprint density at radius 1 is 1.39 bits per heavy atom. The first-order chi connectivity index (χ1) is 8.66. The molecule has 1 aromatic rings. The molecule has 2 rings (SSSR count). The van der Waals surface area contributed by atoms with E-state index in [0.717, 1.165) is 32.6 Å². The van der Waals surface area contributed by atoms with Crippen LogP contribution < -0.4 is 5.32 Å². The summed E-state index contributed by atoms with van der Waals surface area (Å²) < 4.78 is 13.4. The van der Waals surface area contributed by atoms with Crippen LogP contribution in [-0.4, -0.2) is 43.4 Å². The lowest BCUT2D eigenvalue weighted by Crippen LogP contribution is -2.33. The fourth-order valence-electron chi connectivity index (χ4n) is 2.12. The van der Waals surface area contributed by atoms with Gasteiger partial charge >= 0.3 is 0 Å². The molecule has 3 nitrogen and oxygen atoms in total. The summed E-state index contributed by atoms with van der Waals surface area (Å²) in [6.45, 7) is 5.79. The van der Waals surface area contributed by atoms with Crippen molar-refractivity contribution < 1.29 is 9.18 Å². The highest BCUT2D eigenvalue weighted by molar-refractivity contribution is 5.97. The molecule has 4 heteroatoms. The molecule has 0 bridgehead atoms. The first-order valence-corrected chi connectivity index (χ1v) is 6.39. The number of hydrogen-bond donors (Lipinski definition) is 1. The van der Waals surface area contributed by atoms with Crippen molar-refractivity contribution in [1.82, 2.24) is 10.2 Å². The Morgan fingerprint density at radius 3 is 3.00 bits per heavy atom. The van der Waals surface area contributed by atoms with Crippen molar-refractivity contribution in [3.8, 4) is 0 Å². The maximum Gasteiger partial charge on any atom is 0.176 e. The van der Waals surface area contributed by atoms with Crippen molar-refractivity contribution in [3.63, 3.8) is 0 Å². The molecule has 1 aliphatic heterocycles. The van der Waals surface area contributed by atoms with Gasteiger partial charge in [-0.2, -0.15) is 0 Å². The Kier molecular flexibility index (Phi) is 4.44.